The van der Waals surface area contributed by atoms with Crippen LogP contribution in [0, 0.1) is 29.6 Å². The number of hydrogen-bond donors (Lipinski definition) is 0. The van der Waals surface area contributed by atoms with Gasteiger partial charge in [0.15, 0.2) is 0 Å². The van der Waals surface area contributed by atoms with Crippen LogP contribution >= 0.6 is 0 Å². The quantitative estimate of drug-likeness (QED) is 0.442. The number of rotatable bonds is 10. The van der Waals surface area contributed by atoms with Crippen LogP contribution in [0.2, 0.25) is 0 Å². The highest BCUT2D eigenvalue weighted by Crippen LogP contribution is 2.51. The Kier molecular flexibility index (Phi) is 5.57. The maximum absolute atomic E-state index is 2.42. The van der Waals surface area contributed by atoms with Crippen LogP contribution in [0.15, 0.2) is 0 Å². The second-order valence-electron chi connectivity index (χ2n) is 7.09. The van der Waals surface area contributed by atoms with Crippen molar-refractivity contribution in [3.8, 4) is 0 Å². The van der Waals surface area contributed by atoms with Crippen LogP contribution in [0.5, 0.6) is 0 Å². The average molecular weight is 250 g/mol. The molecule has 0 heterocycles. The molecule has 2 aliphatic rings. The predicted molar refractivity (Wildman–Crippen MR) is 80.6 cm³/mol. The van der Waals surface area contributed by atoms with Gasteiger partial charge in [0.25, 0.3) is 0 Å². The molecule has 0 spiro atoms. The first-order valence-corrected chi connectivity index (χ1v) is 8.80. The van der Waals surface area contributed by atoms with Crippen LogP contribution in [0.25, 0.3) is 0 Å². The fraction of sp³-hybridized carbons (Fsp3) is 1.00. The molecule has 5 unspecified atom stereocenters. The van der Waals surface area contributed by atoms with Crippen LogP contribution in [0.4, 0.5) is 0 Å². The summed E-state index contributed by atoms with van der Waals surface area (Å²) in [5.41, 5.74) is 0. The Morgan fingerprint density at radius 3 is 2.17 bits per heavy atom. The van der Waals surface area contributed by atoms with E-state index >= 15 is 0 Å². The van der Waals surface area contributed by atoms with Crippen LogP contribution in [-0.2, 0) is 0 Å². The van der Waals surface area contributed by atoms with Gasteiger partial charge in [-0.2, -0.15) is 0 Å². The van der Waals surface area contributed by atoms with E-state index in [2.05, 4.69) is 20.8 Å². The van der Waals surface area contributed by atoms with Gasteiger partial charge >= 0.3 is 0 Å². The van der Waals surface area contributed by atoms with Gasteiger partial charge < -0.3 is 0 Å². The zero-order valence-electron chi connectivity index (χ0n) is 13.0. The molecule has 0 aromatic rings. The molecule has 2 aliphatic carbocycles. The fourth-order valence-corrected chi connectivity index (χ4v) is 4.30. The summed E-state index contributed by atoms with van der Waals surface area (Å²) in [6.07, 6.45) is 15.0. The topological polar surface area (TPSA) is 0 Å². The second kappa shape index (κ2) is 6.96. The Morgan fingerprint density at radius 2 is 1.50 bits per heavy atom. The van der Waals surface area contributed by atoms with E-state index in [-0.39, 0.29) is 0 Å². The van der Waals surface area contributed by atoms with Gasteiger partial charge in [0.2, 0.25) is 0 Å². The van der Waals surface area contributed by atoms with Crippen molar-refractivity contribution in [1.82, 2.24) is 0 Å². The van der Waals surface area contributed by atoms with E-state index in [1.54, 1.807) is 19.3 Å². The lowest BCUT2D eigenvalue weighted by Crippen LogP contribution is -2.04. The first kappa shape index (κ1) is 14.4. The molecule has 0 heteroatoms. The minimum absolute atomic E-state index is 1.07. The van der Waals surface area contributed by atoms with E-state index in [0.717, 1.165) is 29.6 Å². The Morgan fingerprint density at radius 1 is 0.833 bits per heavy atom. The molecule has 18 heavy (non-hydrogen) atoms. The minimum Gasteiger partial charge on any atom is -0.0654 e. The third-order valence-corrected chi connectivity index (χ3v) is 5.64. The van der Waals surface area contributed by atoms with Crippen LogP contribution in [0.3, 0.4) is 0 Å². The van der Waals surface area contributed by atoms with Gasteiger partial charge in [-0.1, -0.05) is 72.1 Å². The van der Waals surface area contributed by atoms with Gasteiger partial charge in [-0.3, -0.25) is 0 Å². The smallest absolute Gasteiger partial charge is 0.0355 e. The zero-order valence-corrected chi connectivity index (χ0v) is 13.0. The average Bonchev–Trinajstić information content (AvgIpc) is 3.25. The molecule has 0 saturated heterocycles. The van der Waals surface area contributed by atoms with Gasteiger partial charge in [-0.15, -0.1) is 0 Å². The monoisotopic (exact) mass is 250 g/mol. The Bertz CT molecular complexity index is 232. The van der Waals surface area contributed by atoms with Crippen molar-refractivity contribution in [2.45, 2.75) is 85.0 Å². The van der Waals surface area contributed by atoms with Crippen molar-refractivity contribution in [3.05, 3.63) is 0 Å². The molecule has 0 aromatic heterocycles. The molecule has 0 nitrogen and oxygen atoms in total. The molecular formula is C18H34. The highest BCUT2D eigenvalue weighted by atomic mass is 14.5. The lowest BCUT2D eigenvalue weighted by atomic mass is 9.91. The summed E-state index contributed by atoms with van der Waals surface area (Å²) < 4.78 is 0. The Labute approximate surface area is 115 Å². The molecule has 2 rings (SSSR count). The van der Waals surface area contributed by atoms with E-state index in [1.165, 1.54) is 44.9 Å². The lowest BCUT2D eigenvalue weighted by molar-refractivity contribution is 0.366. The largest absolute Gasteiger partial charge is 0.0654 e. The van der Waals surface area contributed by atoms with Crippen molar-refractivity contribution in [1.29, 1.82) is 0 Å². The molecule has 5 atom stereocenters. The summed E-state index contributed by atoms with van der Waals surface area (Å²) in [6, 6.07) is 0. The highest BCUT2D eigenvalue weighted by molar-refractivity contribution is 4.91. The van der Waals surface area contributed by atoms with Gasteiger partial charge in [-0.25, -0.2) is 0 Å². The summed E-state index contributed by atoms with van der Waals surface area (Å²) in [4.78, 5) is 0. The molecule has 2 saturated carbocycles. The van der Waals surface area contributed by atoms with E-state index in [4.69, 9.17) is 0 Å². The fourth-order valence-electron chi connectivity index (χ4n) is 4.30. The predicted octanol–water partition coefficient (Wildman–Crippen LogP) is 6.06. The summed E-state index contributed by atoms with van der Waals surface area (Å²) >= 11 is 0. The van der Waals surface area contributed by atoms with E-state index in [0.29, 0.717) is 0 Å². The van der Waals surface area contributed by atoms with Gasteiger partial charge in [0, 0.05) is 0 Å². The molecule has 0 bridgehead atoms. The van der Waals surface area contributed by atoms with Crippen molar-refractivity contribution < 1.29 is 0 Å². The van der Waals surface area contributed by atoms with E-state index in [9.17, 15) is 0 Å². The van der Waals surface area contributed by atoms with Gasteiger partial charge in [0.05, 0.1) is 0 Å². The maximum Gasteiger partial charge on any atom is -0.0355 e. The molecule has 0 radical (unpaired) electrons. The summed E-state index contributed by atoms with van der Waals surface area (Å²) in [5.74, 6) is 5.58. The van der Waals surface area contributed by atoms with E-state index in [1.807, 2.05) is 0 Å². The SMILES string of the molecule is CCCC1CC1CCCC(CC)C1CC1CCC. The maximum atomic E-state index is 2.42. The van der Waals surface area contributed by atoms with Gasteiger partial charge in [-0.05, 0) is 42.4 Å². The first-order chi connectivity index (χ1) is 8.80. The molecular weight excluding hydrogens is 216 g/mol. The summed E-state index contributed by atoms with van der Waals surface area (Å²) in [6.45, 7) is 7.10. The third kappa shape index (κ3) is 4.00. The normalized spacial score (nSPS) is 35.5. The van der Waals surface area contributed by atoms with Crippen LogP contribution in [-0.4, -0.2) is 0 Å². The Balaban J connectivity index is 1.55. The van der Waals surface area contributed by atoms with Crippen LogP contribution < -0.4 is 0 Å². The first-order valence-electron chi connectivity index (χ1n) is 8.80. The van der Waals surface area contributed by atoms with Gasteiger partial charge in [0.1, 0.15) is 0 Å². The highest BCUT2D eigenvalue weighted by Gasteiger charge is 2.41. The summed E-state index contributed by atoms with van der Waals surface area (Å²) in [5, 5.41) is 0. The standard InChI is InChI=1S/C18H34/c1-4-8-15-12-16(15)11-7-10-14(6-3)18-13-17(18)9-5-2/h14-18H,4-13H2,1-3H3. The minimum atomic E-state index is 1.07. The molecule has 106 valence electrons. The molecule has 0 aliphatic heterocycles. The molecule has 0 aromatic carbocycles. The second-order valence-corrected chi connectivity index (χ2v) is 7.09. The molecule has 0 amide bonds. The van der Waals surface area contributed by atoms with Crippen molar-refractivity contribution in [2.24, 2.45) is 29.6 Å². The van der Waals surface area contributed by atoms with Crippen molar-refractivity contribution >= 4 is 0 Å². The number of hydrogen-bond acceptors (Lipinski definition) is 0. The van der Waals surface area contributed by atoms with E-state index < -0.39 is 0 Å². The van der Waals surface area contributed by atoms with Crippen molar-refractivity contribution in [3.63, 3.8) is 0 Å². The molecule has 2 fully saturated rings. The van der Waals surface area contributed by atoms with Crippen molar-refractivity contribution in [2.75, 3.05) is 0 Å². The Hall–Kier alpha value is 0. The van der Waals surface area contributed by atoms with Crippen LogP contribution in [0.1, 0.15) is 85.0 Å². The third-order valence-electron chi connectivity index (χ3n) is 5.64. The molecule has 0 N–H and O–H groups in total. The lowest BCUT2D eigenvalue weighted by Gasteiger charge is -2.14. The zero-order chi connectivity index (χ0) is 13.0. The summed E-state index contributed by atoms with van der Waals surface area (Å²) in [7, 11) is 0.